The molecule has 28 heavy (non-hydrogen) atoms. The number of hydrogen-bond acceptors (Lipinski definition) is 3. The lowest BCUT2D eigenvalue weighted by atomic mass is 10.1. The zero-order valence-electron chi connectivity index (χ0n) is 16.0. The number of rotatable bonds is 4. The fourth-order valence-corrected chi connectivity index (χ4v) is 3.46. The third kappa shape index (κ3) is 3.63. The number of nitrogens with one attached hydrogen (secondary N) is 2. The highest BCUT2D eigenvalue weighted by atomic mass is 16.2. The van der Waals surface area contributed by atoms with Crippen LogP contribution in [0.2, 0.25) is 0 Å². The van der Waals surface area contributed by atoms with E-state index in [0.717, 1.165) is 36.1 Å². The summed E-state index contributed by atoms with van der Waals surface area (Å²) in [4.78, 5) is 38.4. The van der Waals surface area contributed by atoms with Crippen LogP contribution in [0.25, 0.3) is 0 Å². The van der Waals surface area contributed by atoms with Crippen LogP contribution in [0.1, 0.15) is 51.6 Å². The molecule has 144 valence electrons. The molecule has 1 fully saturated rings. The van der Waals surface area contributed by atoms with Gasteiger partial charge in [0.25, 0.3) is 11.8 Å². The second-order valence-electron chi connectivity index (χ2n) is 7.50. The maximum absolute atomic E-state index is 12.8. The van der Waals surface area contributed by atoms with Crippen LogP contribution in [0, 0.1) is 6.92 Å². The molecular formula is C22H23N3O3. The molecule has 0 radical (unpaired) electrons. The normalized spacial score (nSPS) is 15.1. The van der Waals surface area contributed by atoms with Gasteiger partial charge < -0.3 is 15.5 Å². The third-order valence-corrected chi connectivity index (χ3v) is 5.28. The van der Waals surface area contributed by atoms with Crippen molar-refractivity contribution in [2.45, 2.75) is 39.2 Å². The molecule has 0 bridgehead atoms. The summed E-state index contributed by atoms with van der Waals surface area (Å²) in [6, 6.07) is 11.0. The molecule has 2 N–H and O–H groups in total. The third-order valence-electron chi connectivity index (χ3n) is 5.28. The van der Waals surface area contributed by atoms with Gasteiger partial charge in [-0.2, -0.15) is 0 Å². The first-order valence-corrected chi connectivity index (χ1v) is 9.56. The minimum absolute atomic E-state index is 0.00728. The Kier molecular flexibility index (Phi) is 4.63. The molecule has 1 heterocycles. The van der Waals surface area contributed by atoms with Gasteiger partial charge in [-0.15, -0.1) is 0 Å². The SMILES string of the molecule is CC(=O)N1CCc2cc(C(=O)Nc3cc(C(=O)NC4CC4)ccc3C)ccc21. The van der Waals surface area contributed by atoms with Gasteiger partial charge in [-0.05, 0) is 67.6 Å². The minimum Gasteiger partial charge on any atom is -0.349 e. The molecular weight excluding hydrogens is 354 g/mol. The predicted octanol–water partition coefficient (Wildman–Crippen LogP) is 3.05. The molecule has 6 heteroatoms. The lowest BCUT2D eigenvalue weighted by molar-refractivity contribution is -0.116. The van der Waals surface area contributed by atoms with Crippen molar-refractivity contribution in [2.75, 3.05) is 16.8 Å². The van der Waals surface area contributed by atoms with E-state index in [2.05, 4.69) is 10.6 Å². The summed E-state index contributed by atoms with van der Waals surface area (Å²) in [5.74, 6) is -0.334. The summed E-state index contributed by atoms with van der Waals surface area (Å²) in [6.45, 7) is 4.09. The van der Waals surface area contributed by atoms with Crippen LogP contribution in [-0.2, 0) is 11.2 Å². The first-order chi connectivity index (χ1) is 13.4. The first kappa shape index (κ1) is 18.2. The topological polar surface area (TPSA) is 78.5 Å². The standard InChI is InChI=1S/C22H23N3O3/c1-13-3-4-17(21(27)23-18-6-7-18)12-19(13)24-22(28)16-5-8-20-15(11-16)9-10-25(20)14(2)26/h3-5,8,11-12,18H,6-7,9-10H2,1-2H3,(H,23,27)(H,24,28). The molecule has 0 aromatic heterocycles. The zero-order valence-corrected chi connectivity index (χ0v) is 16.0. The van der Waals surface area contributed by atoms with E-state index in [0.29, 0.717) is 23.4 Å². The highest BCUT2D eigenvalue weighted by Crippen LogP contribution is 2.29. The van der Waals surface area contributed by atoms with Gasteiger partial charge in [-0.1, -0.05) is 6.07 Å². The number of amides is 3. The second-order valence-corrected chi connectivity index (χ2v) is 7.50. The average molecular weight is 377 g/mol. The molecule has 0 spiro atoms. The molecule has 1 aliphatic carbocycles. The Morgan fingerprint density at radius 1 is 1.00 bits per heavy atom. The van der Waals surface area contributed by atoms with Crippen molar-refractivity contribution < 1.29 is 14.4 Å². The van der Waals surface area contributed by atoms with Gasteiger partial charge in [0.05, 0.1) is 0 Å². The number of nitrogens with zero attached hydrogens (tertiary/aromatic N) is 1. The maximum Gasteiger partial charge on any atom is 0.255 e. The van der Waals surface area contributed by atoms with E-state index in [1.807, 2.05) is 25.1 Å². The predicted molar refractivity (Wildman–Crippen MR) is 108 cm³/mol. The molecule has 0 atom stereocenters. The quantitative estimate of drug-likeness (QED) is 0.860. The molecule has 2 aromatic rings. The summed E-state index contributed by atoms with van der Waals surface area (Å²) in [7, 11) is 0. The number of anilines is 2. The number of carbonyl (C=O) groups is 3. The Bertz CT molecular complexity index is 979. The molecule has 1 aliphatic heterocycles. The summed E-state index contributed by atoms with van der Waals surface area (Å²) in [6.07, 6.45) is 2.80. The molecule has 0 saturated heterocycles. The van der Waals surface area contributed by atoms with E-state index in [9.17, 15) is 14.4 Å². The minimum atomic E-state index is -0.230. The summed E-state index contributed by atoms with van der Waals surface area (Å²) < 4.78 is 0. The van der Waals surface area contributed by atoms with E-state index in [1.54, 1.807) is 30.0 Å². The molecule has 2 aromatic carbocycles. The van der Waals surface area contributed by atoms with E-state index in [1.165, 1.54) is 0 Å². The Labute approximate surface area is 163 Å². The van der Waals surface area contributed by atoms with Crippen LogP contribution in [0.15, 0.2) is 36.4 Å². The largest absolute Gasteiger partial charge is 0.349 e. The summed E-state index contributed by atoms with van der Waals surface area (Å²) in [5, 5.41) is 5.88. The van der Waals surface area contributed by atoms with E-state index < -0.39 is 0 Å². The monoisotopic (exact) mass is 377 g/mol. The second kappa shape index (κ2) is 7.11. The van der Waals surface area contributed by atoms with Crippen LogP contribution in [0.3, 0.4) is 0 Å². The van der Waals surface area contributed by atoms with Gasteiger partial charge in [-0.25, -0.2) is 0 Å². The fraction of sp³-hybridized carbons (Fsp3) is 0.318. The highest BCUT2D eigenvalue weighted by molar-refractivity contribution is 6.06. The molecule has 2 aliphatic rings. The lowest BCUT2D eigenvalue weighted by Gasteiger charge is -2.15. The lowest BCUT2D eigenvalue weighted by Crippen LogP contribution is -2.25. The van der Waals surface area contributed by atoms with Crippen molar-refractivity contribution in [3.8, 4) is 0 Å². The van der Waals surface area contributed by atoms with Crippen molar-refractivity contribution in [2.24, 2.45) is 0 Å². The van der Waals surface area contributed by atoms with Crippen molar-refractivity contribution in [1.82, 2.24) is 5.32 Å². The summed E-state index contributed by atoms with van der Waals surface area (Å²) in [5.41, 5.74) is 4.46. The molecule has 4 rings (SSSR count). The number of carbonyl (C=O) groups excluding carboxylic acids is 3. The number of aryl methyl sites for hydroxylation is 1. The summed E-state index contributed by atoms with van der Waals surface area (Å²) >= 11 is 0. The van der Waals surface area contributed by atoms with E-state index in [4.69, 9.17) is 0 Å². The first-order valence-electron chi connectivity index (χ1n) is 9.56. The average Bonchev–Trinajstić information content (AvgIpc) is 3.37. The van der Waals surface area contributed by atoms with Gasteiger partial charge >= 0.3 is 0 Å². The molecule has 1 saturated carbocycles. The van der Waals surface area contributed by atoms with Gasteiger partial charge in [0, 0.05) is 42.0 Å². The van der Waals surface area contributed by atoms with Crippen LogP contribution >= 0.6 is 0 Å². The van der Waals surface area contributed by atoms with Crippen molar-refractivity contribution in [3.63, 3.8) is 0 Å². The number of benzene rings is 2. The van der Waals surface area contributed by atoms with E-state index in [-0.39, 0.29) is 23.8 Å². The number of fused-ring (bicyclic) bond motifs is 1. The van der Waals surface area contributed by atoms with Crippen LogP contribution in [0.5, 0.6) is 0 Å². The smallest absolute Gasteiger partial charge is 0.255 e. The molecule has 6 nitrogen and oxygen atoms in total. The van der Waals surface area contributed by atoms with Crippen molar-refractivity contribution >= 4 is 29.1 Å². The van der Waals surface area contributed by atoms with Crippen LogP contribution in [0.4, 0.5) is 11.4 Å². The Balaban J connectivity index is 1.52. The van der Waals surface area contributed by atoms with Crippen molar-refractivity contribution in [3.05, 3.63) is 58.7 Å². The maximum atomic E-state index is 12.8. The Hall–Kier alpha value is -3.15. The van der Waals surface area contributed by atoms with Gasteiger partial charge in [-0.3, -0.25) is 14.4 Å². The van der Waals surface area contributed by atoms with Gasteiger partial charge in [0.15, 0.2) is 0 Å². The molecule has 3 amide bonds. The zero-order chi connectivity index (χ0) is 19.8. The fourth-order valence-electron chi connectivity index (χ4n) is 3.46. The molecule has 0 unspecified atom stereocenters. The van der Waals surface area contributed by atoms with Gasteiger partial charge in [0.2, 0.25) is 5.91 Å². The van der Waals surface area contributed by atoms with Crippen LogP contribution < -0.4 is 15.5 Å². The highest BCUT2D eigenvalue weighted by Gasteiger charge is 2.25. The van der Waals surface area contributed by atoms with Gasteiger partial charge in [0.1, 0.15) is 0 Å². The van der Waals surface area contributed by atoms with E-state index >= 15 is 0 Å². The van der Waals surface area contributed by atoms with Crippen molar-refractivity contribution in [1.29, 1.82) is 0 Å². The number of hydrogen-bond donors (Lipinski definition) is 2. The van der Waals surface area contributed by atoms with Crippen LogP contribution in [-0.4, -0.2) is 30.3 Å². The Morgan fingerprint density at radius 2 is 1.71 bits per heavy atom. The Morgan fingerprint density at radius 3 is 2.43 bits per heavy atom.